The molecule has 0 amide bonds. The molecule has 0 aliphatic carbocycles. The van der Waals surface area contributed by atoms with E-state index >= 15 is 0 Å². The van der Waals surface area contributed by atoms with Gasteiger partial charge in [-0.05, 0) is 13.8 Å². The fourth-order valence-electron chi connectivity index (χ4n) is 1.99. The quantitative estimate of drug-likeness (QED) is 0.886. The molecule has 1 aromatic heterocycles. The number of nitrogens with zero attached hydrogens (tertiary/aromatic N) is 2. The monoisotopic (exact) mass is 265 g/mol. The SMILES string of the molecule is CCNc1nc(C(C)C)nc(OC2CCOC2)c1C. The molecule has 2 rings (SSSR count). The first-order valence-corrected chi connectivity index (χ1v) is 6.98. The minimum absolute atomic E-state index is 0.114. The molecule has 0 saturated carbocycles. The van der Waals surface area contributed by atoms with Crippen LogP contribution in [0, 0.1) is 6.92 Å². The first-order valence-electron chi connectivity index (χ1n) is 6.98. The lowest BCUT2D eigenvalue weighted by atomic mass is 10.2. The fraction of sp³-hybridized carbons (Fsp3) is 0.714. The van der Waals surface area contributed by atoms with Gasteiger partial charge in [-0.2, -0.15) is 4.98 Å². The van der Waals surface area contributed by atoms with E-state index in [1.165, 1.54) is 0 Å². The van der Waals surface area contributed by atoms with E-state index in [1.54, 1.807) is 0 Å². The van der Waals surface area contributed by atoms with E-state index in [4.69, 9.17) is 9.47 Å². The highest BCUT2D eigenvalue weighted by atomic mass is 16.5. The van der Waals surface area contributed by atoms with E-state index in [9.17, 15) is 0 Å². The maximum absolute atomic E-state index is 5.97. The van der Waals surface area contributed by atoms with Crippen molar-refractivity contribution < 1.29 is 9.47 Å². The molecule has 0 bridgehead atoms. The molecule has 106 valence electrons. The number of nitrogens with one attached hydrogen (secondary N) is 1. The molecule has 1 aromatic rings. The minimum Gasteiger partial charge on any atom is -0.471 e. The Balaban J connectivity index is 2.28. The second-order valence-electron chi connectivity index (χ2n) is 5.15. The van der Waals surface area contributed by atoms with Gasteiger partial charge in [0, 0.05) is 18.9 Å². The zero-order valence-electron chi connectivity index (χ0n) is 12.2. The summed E-state index contributed by atoms with van der Waals surface area (Å²) in [7, 11) is 0. The van der Waals surface area contributed by atoms with Crippen molar-refractivity contribution in [1.82, 2.24) is 9.97 Å². The van der Waals surface area contributed by atoms with Crippen molar-refractivity contribution in [2.45, 2.75) is 46.1 Å². The Morgan fingerprint density at radius 2 is 2.21 bits per heavy atom. The smallest absolute Gasteiger partial charge is 0.222 e. The fourth-order valence-corrected chi connectivity index (χ4v) is 1.99. The summed E-state index contributed by atoms with van der Waals surface area (Å²) in [4.78, 5) is 9.11. The van der Waals surface area contributed by atoms with Crippen LogP contribution in [0.5, 0.6) is 5.88 Å². The van der Waals surface area contributed by atoms with Crippen LogP contribution in [0.2, 0.25) is 0 Å². The average molecular weight is 265 g/mol. The Kier molecular flexibility index (Phi) is 4.58. The molecule has 1 fully saturated rings. The minimum atomic E-state index is 0.114. The average Bonchev–Trinajstić information content (AvgIpc) is 2.87. The summed E-state index contributed by atoms with van der Waals surface area (Å²) < 4.78 is 11.3. The summed E-state index contributed by atoms with van der Waals surface area (Å²) in [6.45, 7) is 10.5. The van der Waals surface area contributed by atoms with Gasteiger partial charge in [0.15, 0.2) is 0 Å². The van der Waals surface area contributed by atoms with Gasteiger partial charge in [0.25, 0.3) is 0 Å². The standard InChI is InChI=1S/C14H23N3O2/c1-5-15-13-10(4)14(17-12(16-13)9(2)3)19-11-6-7-18-8-11/h9,11H,5-8H2,1-4H3,(H,15,16,17). The number of rotatable bonds is 5. The predicted octanol–water partition coefficient (Wildman–Crippen LogP) is 2.51. The second-order valence-corrected chi connectivity index (χ2v) is 5.15. The molecule has 1 atom stereocenters. The maximum atomic E-state index is 5.97. The van der Waals surface area contributed by atoms with Gasteiger partial charge >= 0.3 is 0 Å². The molecule has 0 radical (unpaired) electrons. The van der Waals surface area contributed by atoms with Crippen LogP contribution in [0.1, 0.15) is 44.5 Å². The summed E-state index contributed by atoms with van der Waals surface area (Å²) >= 11 is 0. The molecule has 1 saturated heterocycles. The summed E-state index contributed by atoms with van der Waals surface area (Å²) in [6, 6.07) is 0. The number of hydrogen-bond acceptors (Lipinski definition) is 5. The van der Waals surface area contributed by atoms with Gasteiger partial charge in [-0.3, -0.25) is 0 Å². The van der Waals surface area contributed by atoms with E-state index in [2.05, 4.69) is 36.1 Å². The van der Waals surface area contributed by atoms with Crippen molar-refractivity contribution in [1.29, 1.82) is 0 Å². The van der Waals surface area contributed by atoms with Gasteiger partial charge in [-0.15, -0.1) is 0 Å². The van der Waals surface area contributed by atoms with Gasteiger partial charge in [-0.25, -0.2) is 4.98 Å². The third-order valence-corrected chi connectivity index (χ3v) is 3.15. The molecule has 19 heavy (non-hydrogen) atoms. The van der Waals surface area contributed by atoms with E-state index in [1.807, 2.05) is 6.92 Å². The molecule has 2 heterocycles. The molecule has 5 heteroatoms. The summed E-state index contributed by atoms with van der Waals surface area (Å²) in [6.07, 6.45) is 1.04. The number of anilines is 1. The van der Waals surface area contributed by atoms with Crippen LogP contribution in [0.3, 0.4) is 0 Å². The van der Waals surface area contributed by atoms with Crippen LogP contribution < -0.4 is 10.1 Å². The molecule has 0 aromatic carbocycles. The highest BCUT2D eigenvalue weighted by Crippen LogP contribution is 2.26. The van der Waals surface area contributed by atoms with Crippen LogP contribution in [0.4, 0.5) is 5.82 Å². The molecule has 1 aliphatic rings. The largest absolute Gasteiger partial charge is 0.471 e. The summed E-state index contributed by atoms with van der Waals surface area (Å²) in [5.74, 6) is 2.65. The summed E-state index contributed by atoms with van der Waals surface area (Å²) in [5.41, 5.74) is 0.971. The second kappa shape index (κ2) is 6.19. The molecular formula is C14H23N3O2. The van der Waals surface area contributed by atoms with Crippen LogP contribution in [0.25, 0.3) is 0 Å². The topological polar surface area (TPSA) is 56.3 Å². The first kappa shape index (κ1) is 14.1. The van der Waals surface area contributed by atoms with Crippen LogP contribution in [-0.2, 0) is 4.74 Å². The molecule has 0 spiro atoms. The molecule has 1 N–H and O–H groups in total. The van der Waals surface area contributed by atoms with Crippen molar-refractivity contribution in [3.8, 4) is 5.88 Å². The maximum Gasteiger partial charge on any atom is 0.222 e. The lowest BCUT2D eigenvalue weighted by molar-refractivity contribution is 0.137. The van der Waals surface area contributed by atoms with Gasteiger partial charge in [0.05, 0.1) is 18.8 Å². The number of aromatic nitrogens is 2. The van der Waals surface area contributed by atoms with Gasteiger partial charge in [-0.1, -0.05) is 13.8 Å². The Morgan fingerprint density at radius 1 is 1.42 bits per heavy atom. The lowest BCUT2D eigenvalue weighted by Gasteiger charge is -2.17. The van der Waals surface area contributed by atoms with E-state index in [-0.39, 0.29) is 12.0 Å². The molecule has 1 aliphatic heterocycles. The van der Waals surface area contributed by atoms with Gasteiger partial charge in [0.1, 0.15) is 17.7 Å². The van der Waals surface area contributed by atoms with Crippen molar-refractivity contribution in [3.05, 3.63) is 11.4 Å². The predicted molar refractivity (Wildman–Crippen MR) is 74.9 cm³/mol. The normalized spacial score (nSPS) is 18.9. The van der Waals surface area contributed by atoms with Crippen molar-refractivity contribution in [2.24, 2.45) is 0 Å². The Hall–Kier alpha value is -1.36. The first-order chi connectivity index (χ1) is 9.11. The zero-order chi connectivity index (χ0) is 13.8. The van der Waals surface area contributed by atoms with Gasteiger partial charge in [0.2, 0.25) is 5.88 Å². The highest BCUT2D eigenvalue weighted by molar-refractivity contribution is 5.48. The van der Waals surface area contributed by atoms with Crippen molar-refractivity contribution in [2.75, 3.05) is 25.1 Å². The summed E-state index contributed by atoms with van der Waals surface area (Å²) in [5, 5.41) is 3.27. The van der Waals surface area contributed by atoms with Gasteiger partial charge < -0.3 is 14.8 Å². The zero-order valence-corrected chi connectivity index (χ0v) is 12.2. The third kappa shape index (κ3) is 3.35. The van der Waals surface area contributed by atoms with Crippen LogP contribution >= 0.6 is 0 Å². The Morgan fingerprint density at radius 3 is 2.79 bits per heavy atom. The molecular weight excluding hydrogens is 242 g/mol. The molecule has 1 unspecified atom stereocenters. The van der Waals surface area contributed by atoms with E-state index in [0.717, 1.165) is 36.8 Å². The Labute approximate surface area is 114 Å². The third-order valence-electron chi connectivity index (χ3n) is 3.15. The van der Waals surface area contributed by atoms with Crippen LogP contribution in [0.15, 0.2) is 0 Å². The van der Waals surface area contributed by atoms with Crippen molar-refractivity contribution in [3.63, 3.8) is 0 Å². The van der Waals surface area contributed by atoms with Crippen LogP contribution in [-0.4, -0.2) is 35.8 Å². The Bertz CT molecular complexity index is 429. The number of hydrogen-bond donors (Lipinski definition) is 1. The lowest BCUT2D eigenvalue weighted by Crippen LogP contribution is -2.19. The van der Waals surface area contributed by atoms with Crippen molar-refractivity contribution >= 4 is 5.82 Å². The van der Waals surface area contributed by atoms with E-state index < -0.39 is 0 Å². The van der Waals surface area contributed by atoms with E-state index in [0.29, 0.717) is 12.5 Å². The number of ether oxygens (including phenoxy) is 2. The molecule has 5 nitrogen and oxygen atoms in total. The highest BCUT2D eigenvalue weighted by Gasteiger charge is 2.21.